The number of carboxylic acids is 1. The number of ether oxygens (including phenoxy) is 3. The maximum atomic E-state index is 12.3. The van der Waals surface area contributed by atoms with Gasteiger partial charge in [0.05, 0.1) is 19.8 Å². The van der Waals surface area contributed by atoms with E-state index in [0.717, 1.165) is 0 Å². The molecule has 0 spiro atoms. The molecule has 23 heavy (non-hydrogen) atoms. The normalized spacial score (nSPS) is 34.4. The number of hydrogen-bond acceptors (Lipinski definition) is 6. The molecule has 2 bridgehead atoms. The zero-order chi connectivity index (χ0) is 17.3. The summed E-state index contributed by atoms with van der Waals surface area (Å²) in [7, 11) is 2.54. The van der Waals surface area contributed by atoms with Crippen LogP contribution in [-0.2, 0) is 28.6 Å². The van der Waals surface area contributed by atoms with Crippen LogP contribution in [-0.4, -0.2) is 48.4 Å². The van der Waals surface area contributed by atoms with Crippen molar-refractivity contribution in [3.8, 4) is 0 Å². The van der Waals surface area contributed by atoms with Gasteiger partial charge in [0.2, 0.25) is 0 Å². The van der Waals surface area contributed by atoms with Gasteiger partial charge in [0, 0.05) is 6.42 Å². The van der Waals surface area contributed by atoms with Crippen molar-refractivity contribution < 1.29 is 33.7 Å². The molecule has 2 heterocycles. The molecule has 0 saturated carbocycles. The summed E-state index contributed by atoms with van der Waals surface area (Å²) < 4.78 is 15.8. The molecule has 4 atom stereocenters. The Morgan fingerprint density at radius 2 is 1.70 bits per heavy atom. The molecule has 1 saturated heterocycles. The first-order valence-corrected chi connectivity index (χ1v) is 7.57. The Morgan fingerprint density at radius 3 is 2.26 bits per heavy atom. The monoisotopic (exact) mass is 326 g/mol. The number of carboxylic acid groups (broad SMARTS) is 1. The quantitative estimate of drug-likeness (QED) is 0.428. The summed E-state index contributed by atoms with van der Waals surface area (Å²) in [6.07, 6.45) is 5.12. The Kier molecular flexibility index (Phi) is 4.79. The smallest absolute Gasteiger partial charge is 0.312 e. The van der Waals surface area contributed by atoms with E-state index in [0.29, 0.717) is 19.3 Å². The van der Waals surface area contributed by atoms with Crippen molar-refractivity contribution in [2.75, 3.05) is 14.2 Å². The van der Waals surface area contributed by atoms with Crippen LogP contribution >= 0.6 is 0 Å². The van der Waals surface area contributed by atoms with E-state index in [9.17, 15) is 14.4 Å². The van der Waals surface area contributed by atoms with Crippen LogP contribution in [0.2, 0.25) is 0 Å². The predicted octanol–water partition coefficient (Wildman–Crippen LogP) is 1.31. The van der Waals surface area contributed by atoms with Crippen molar-refractivity contribution in [3.05, 3.63) is 12.2 Å². The van der Waals surface area contributed by atoms with Crippen LogP contribution in [0.15, 0.2) is 12.2 Å². The number of rotatable bonds is 7. The summed E-state index contributed by atoms with van der Waals surface area (Å²) in [5.41, 5.74) is -1.86. The standard InChI is InChI=1S/C16H22O7/c1-15-8-9-16(23-15,7-5-4-6-10(17)18)12(14(20)22-3)11(15)13(19)21-2/h8-9,11-12H,4-7H2,1-3H3,(H,17,18)/t11-,12+,15+,16-/m0/s1. The minimum atomic E-state index is -0.945. The van der Waals surface area contributed by atoms with Crippen LogP contribution in [0.25, 0.3) is 0 Å². The third-order valence-electron chi connectivity index (χ3n) is 4.70. The Balaban J connectivity index is 2.23. The molecule has 2 aliphatic rings. The minimum absolute atomic E-state index is 0.0559. The van der Waals surface area contributed by atoms with E-state index < -0.39 is 40.9 Å². The second-order valence-electron chi connectivity index (χ2n) is 6.18. The van der Waals surface area contributed by atoms with Crippen LogP contribution in [0.1, 0.15) is 32.6 Å². The van der Waals surface area contributed by atoms with Gasteiger partial charge in [-0.1, -0.05) is 12.2 Å². The maximum absolute atomic E-state index is 12.3. The van der Waals surface area contributed by atoms with E-state index in [1.165, 1.54) is 14.2 Å². The summed E-state index contributed by atoms with van der Waals surface area (Å²) in [6.45, 7) is 1.74. The van der Waals surface area contributed by atoms with Crippen LogP contribution < -0.4 is 0 Å². The third-order valence-corrected chi connectivity index (χ3v) is 4.70. The molecule has 1 N–H and O–H groups in total. The Labute approximate surface area is 134 Å². The van der Waals surface area contributed by atoms with E-state index in [2.05, 4.69) is 0 Å². The Morgan fingerprint density at radius 1 is 1.09 bits per heavy atom. The summed E-state index contributed by atoms with van der Waals surface area (Å²) in [5, 5.41) is 8.72. The SMILES string of the molecule is COC(=O)[C@@H]1[C@H](C(=O)OC)[C@]2(CCCCC(=O)O)C=C[C@@]1(C)O2. The fraction of sp³-hybridized carbons (Fsp3) is 0.688. The fourth-order valence-corrected chi connectivity index (χ4v) is 3.66. The third kappa shape index (κ3) is 2.97. The summed E-state index contributed by atoms with van der Waals surface area (Å²) in [6, 6.07) is 0. The zero-order valence-electron chi connectivity index (χ0n) is 13.5. The first-order valence-electron chi connectivity index (χ1n) is 7.57. The fourth-order valence-electron chi connectivity index (χ4n) is 3.66. The van der Waals surface area contributed by atoms with Gasteiger partial charge in [-0.05, 0) is 26.2 Å². The van der Waals surface area contributed by atoms with Crippen LogP contribution in [0.4, 0.5) is 0 Å². The summed E-state index contributed by atoms with van der Waals surface area (Å²) >= 11 is 0. The zero-order valence-corrected chi connectivity index (χ0v) is 13.5. The molecule has 2 aliphatic heterocycles. The van der Waals surface area contributed by atoms with Crippen molar-refractivity contribution in [3.63, 3.8) is 0 Å². The molecule has 7 nitrogen and oxygen atoms in total. The molecule has 0 aliphatic carbocycles. The molecule has 128 valence electrons. The van der Waals surface area contributed by atoms with Gasteiger partial charge in [-0.3, -0.25) is 14.4 Å². The molecule has 0 aromatic heterocycles. The molecule has 0 radical (unpaired) electrons. The van der Waals surface area contributed by atoms with E-state index in [-0.39, 0.29) is 6.42 Å². The first kappa shape index (κ1) is 17.5. The highest BCUT2D eigenvalue weighted by atomic mass is 16.6. The molecular weight excluding hydrogens is 304 g/mol. The molecule has 0 unspecified atom stereocenters. The number of carbonyl (C=O) groups excluding carboxylic acids is 2. The Bertz CT molecular complexity index is 541. The lowest BCUT2D eigenvalue weighted by Gasteiger charge is -2.31. The Hall–Kier alpha value is -1.89. The summed E-state index contributed by atoms with van der Waals surface area (Å²) in [5.74, 6) is -3.46. The van der Waals surface area contributed by atoms with E-state index in [1.54, 1.807) is 19.1 Å². The first-order chi connectivity index (χ1) is 10.8. The van der Waals surface area contributed by atoms with Gasteiger partial charge in [0.1, 0.15) is 17.4 Å². The average Bonchev–Trinajstić information content (AvgIpc) is 2.98. The molecule has 1 fully saturated rings. The minimum Gasteiger partial charge on any atom is -0.481 e. The van der Waals surface area contributed by atoms with Gasteiger partial charge in [0.25, 0.3) is 0 Å². The topological polar surface area (TPSA) is 99.1 Å². The molecular formula is C16H22O7. The predicted molar refractivity (Wildman–Crippen MR) is 78.5 cm³/mol. The highest BCUT2D eigenvalue weighted by Crippen LogP contribution is 2.56. The van der Waals surface area contributed by atoms with Crippen LogP contribution in [0.3, 0.4) is 0 Å². The van der Waals surface area contributed by atoms with Crippen molar-refractivity contribution in [2.45, 2.75) is 43.8 Å². The second kappa shape index (κ2) is 6.31. The van der Waals surface area contributed by atoms with Crippen molar-refractivity contribution >= 4 is 17.9 Å². The van der Waals surface area contributed by atoms with Gasteiger partial charge < -0.3 is 19.3 Å². The maximum Gasteiger partial charge on any atom is 0.312 e. The van der Waals surface area contributed by atoms with Gasteiger partial charge in [-0.25, -0.2) is 0 Å². The van der Waals surface area contributed by atoms with Crippen molar-refractivity contribution in [2.24, 2.45) is 11.8 Å². The van der Waals surface area contributed by atoms with E-state index in [4.69, 9.17) is 19.3 Å². The number of esters is 2. The van der Waals surface area contributed by atoms with E-state index >= 15 is 0 Å². The molecule has 2 rings (SSSR count). The molecule has 0 amide bonds. The second-order valence-corrected chi connectivity index (χ2v) is 6.18. The highest BCUT2D eigenvalue weighted by Gasteiger charge is 2.67. The molecule has 7 heteroatoms. The highest BCUT2D eigenvalue weighted by molar-refractivity contribution is 5.86. The molecule has 0 aromatic carbocycles. The lowest BCUT2D eigenvalue weighted by Crippen LogP contribution is -2.46. The number of unbranched alkanes of at least 4 members (excludes halogenated alkanes) is 1. The van der Waals surface area contributed by atoms with Crippen molar-refractivity contribution in [1.29, 1.82) is 0 Å². The van der Waals surface area contributed by atoms with Crippen LogP contribution in [0.5, 0.6) is 0 Å². The van der Waals surface area contributed by atoms with Gasteiger partial charge in [0.15, 0.2) is 0 Å². The number of hydrogen-bond donors (Lipinski definition) is 1. The average molecular weight is 326 g/mol. The number of fused-ring (bicyclic) bond motifs is 2. The largest absolute Gasteiger partial charge is 0.481 e. The molecule has 0 aromatic rings. The number of methoxy groups -OCH3 is 2. The lowest BCUT2D eigenvalue weighted by molar-refractivity contribution is -0.158. The van der Waals surface area contributed by atoms with Crippen LogP contribution in [0, 0.1) is 11.8 Å². The van der Waals surface area contributed by atoms with Gasteiger partial charge in [-0.15, -0.1) is 0 Å². The van der Waals surface area contributed by atoms with Gasteiger partial charge in [-0.2, -0.15) is 0 Å². The number of carbonyl (C=O) groups is 3. The van der Waals surface area contributed by atoms with Gasteiger partial charge >= 0.3 is 17.9 Å². The summed E-state index contributed by atoms with van der Waals surface area (Å²) in [4.78, 5) is 35.1. The number of aliphatic carboxylic acids is 1. The van der Waals surface area contributed by atoms with Crippen molar-refractivity contribution in [1.82, 2.24) is 0 Å². The van der Waals surface area contributed by atoms with E-state index in [1.807, 2.05) is 0 Å². The lowest BCUT2D eigenvalue weighted by atomic mass is 9.69.